The Bertz CT molecular complexity index is 1130. The van der Waals surface area contributed by atoms with Gasteiger partial charge in [0.2, 0.25) is 0 Å². The van der Waals surface area contributed by atoms with Gasteiger partial charge >= 0.3 is 0 Å². The van der Waals surface area contributed by atoms with Crippen LogP contribution < -0.4 is 5.32 Å². The second kappa shape index (κ2) is 6.07. The number of benzene rings is 3. The number of allylic oxidation sites excluding steroid dienone is 1. The summed E-state index contributed by atoms with van der Waals surface area (Å²) >= 11 is 0. The quantitative estimate of drug-likeness (QED) is 0.535. The Labute approximate surface area is 166 Å². The summed E-state index contributed by atoms with van der Waals surface area (Å²) in [6.07, 6.45) is 1.54. The first kappa shape index (κ1) is 17.2. The second-order valence-corrected chi connectivity index (χ2v) is 9.03. The molecule has 0 saturated carbocycles. The van der Waals surface area contributed by atoms with Crippen LogP contribution >= 0.6 is 0 Å². The molecule has 0 radical (unpaired) electrons. The molecule has 1 aliphatic heterocycles. The van der Waals surface area contributed by atoms with Crippen LogP contribution in [-0.4, -0.2) is 5.78 Å². The fourth-order valence-corrected chi connectivity index (χ4v) is 4.81. The first-order chi connectivity index (χ1) is 13.4. The van der Waals surface area contributed by atoms with Crippen molar-refractivity contribution in [1.29, 1.82) is 0 Å². The lowest BCUT2D eigenvalue weighted by Crippen LogP contribution is -2.33. The molecule has 0 aromatic heterocycles. The molecule has 28 heavy (non-hydrogen) atoms. The molecule has 3 aromatic rings. The SMILES string of the molecule is Cc1ccc([C@@H]2Nc3c(ccc4ccccc34)C3=C2C(=O)CC(C)(C)C3)cc1. The summed E-state index contributed by atoms with van der Waals surface area (Å²) in [4.78, 5) is 13.3. The van der Waals surface area contributed by atoms with Gasteiger partial charge in [-0.3, -0.25) is 4.79 Å². The van der Waals surface area contributed by atoms with E-state index in [2.05, 4.69) is 86.8 Å². The van der Waals surface area contributed by atoms with Crippen LogP contribution in [0.5, 0.6) is 0 Å². The highest BCUT2D eigenvalue weighted by atomic mass is 16.1. The predicted molar refractivity (Wildman–Crippen MR) is 116 cm³/mol. The van der Waals surface area contributed by atoms with Crippen LogP contribution in [-0.2, 0) is 4.79 Å². The van der Waals surface area contributed by atoms with Crippen LogP contribution in [0.15, 0.2) is 66.2 Å². The van der Waals surface area contributed by atoms with Crippen molar-refractivity contribution in [2.75, 3.05) is 5.32 Å². The lowest BCUT2D eigenvalue weighted by molar-refractivity contribution is -0.118. The molecule has 0 spiro atoms. The van der Waals surface area contributed by atoms with E-state index < -0.39 is 0 Å². The van der Waals surface area contributed by atoms with Crippen molar-refractivity contribution >= 4 is 27.8 Å². The number of carbonyl (C=O) groups is 1. The van der Waals surface area contributed by atoms with Gasteiger partial charge in [0.05, 0.1) is 11.7 Å². The van der Waals surface area contributed by atoms with E-state index in [1.807, 2.05) is 0 Å². The molecule has 3 aromatic carbocycles. The lowest BCUT2D eigenvalue weighted by atomic mass is 9.68. The topological polar surface area (TPSA) is 29.1 Å². The highest BCUT2D eigenvalue weighted by molar-refractivity contribution is 6.12. The summed E-state index contributed by atoms with van der Waals surface area (Å²) in [5.74, 6) is 0.281. The van der Waals surface area contributed by atoms with Gasteiger partial charge in [-0.1, -0.05) is 80.1 Å². The number of anilines is 1. The summed E-state index contributed by atoms with van der Waals surface area (Å²) in [6, 6.07) is 21.4. The van der Waals surface area contributed by atoms with E-state index in [9.17, 15) is 4.79 Å². The van der Waals surface area contributed by atoms with Crippen molar-refractivity contribution < 1.29 is 4.79 Å². The van der Waals surface area contributed by atoms with E-state index in [0.29, 0.717) is 6.42 Å². The highest BCUT2D eigenvalue weighted by Gasteiger charge is 2.40. The minimum Gasteiger partial charge on any atom is -0.373 e. The maximum absolute atomic E-state index is 13.3. The number of nitrogens with one attached hydrogen (secondary N) is 1. The maximum Gasteiger partial charge on any atom is 0.162 e. The van der Waals surface area contributed by atoms with Crippen molar-refractivity contribution in [3.63, 3.8) is 0 Å². The highest BCUT2D eigenvalue weighted by Crippen LogP contribution is 2.51. The number of carbonyl (C=O) groups excluding carboxylic acids is 1. The van der Waals surface area contributed by atoms with Crippen LogP contribution in [0.4, 0.5) is 5.69 Å². The summed E-state index contributed by atoms with van der Waals surface area (Å²) in [5.41, 5.74) is 6.93. The van der Waals surface area contributed by atoms with Crippen LogP contribution in [0.3, 0.4) is 0 Å². The third-order valence-electron chi connectivity index (χ3n) is 6.16. The minimum atomic E-state index is -0.0856. The Morgan fingerprint density at radius 1 is 0.929 bits per heavy atom. The molecular formula is C26H25NO. The van der Waals surface area contributed by atoms with Gasteiger partial charge < -0.3 is 5.32 Å². The summed E-state index contributed by atoms with van der Waals surface area (Å²) < 4.78 is 0. The van der Waals surface area contributed by atoms with Gasteiger partial charge in [-0.15, -0.1) is 0 Å². The van der Waals surface area contributed by atoms with Crippen LogP contribution in [0.1, 0.15) is 49.4 Å². The summed E-state index contributed by atoms with van der Waals surface area (Å²) in [7, 11) is 0. The lowest BCUT2D eigenvalue weighted by Gasteiger charge is -2.40. The average molecular weight is 367 g/mol. The Hall–Kier alpha value is -2.87. The number of ketones is 1. The van der Waals surface area contributed by atoms with Gasteiger partial charge in [-0.2, -0.15) is 0 Å². The van der Waals surface area contributed by atoms with Crippen molar-refractivity contribution in [3.05, 3.63) is 82.9 Å². The summed E-state index contributed by atoms with van der Waals surface area (Å²) in [6.45, 7) is 6.51. The molecule has 1 aliphatic carbocycles. The Balaban J connectivity index is 1.79. The van der Waals surface area contributed by atoms with Crippen molar-refractivity contribution in [1.82, 2.24) is 0 Å². The number of hydrogen-bond acceptors (Lipinski definition) is 2. The molecule has 0 unspecified atom stereocenters. The van der Waals surface area contributed by atoms with Crippen LogP contribution in [0, 0.1) is 12.3 Å². The molecule has 1 heterocycles. The number of hydrogen-bond donors (Lipinski definition) is 1. The van der Waals surface area contributed by atoms with Gasteiger partial charge in [-0.05, 0) is 35.3 Å². The number of fused-ring (bicyclic) bond motifs is 4. The van der Waals surface area contributed by atoms with Gasteiger partial charge in [0, 0.05) is 22.9 Å². The average Bonchev–Trinajstić information content (AvgIpc) is 2.66. The summed E-state index contributed by atoms with van der Waals surface area (Å²) in [5, 5.41) is 6.20. The molecule has 0 saturated heterocycles. The van der Waals surface area contributed by atoms with Crippen LogP contribution in [0.2, 0.25) is 0 Å². The van der Waals surface area contributed by atoms with E-state index in [1.54, 1.807) is 0 Å². The zero-order valence-corrected chi connectivity index (χ0v) is 16.7. The van der Waals surface area contributed by atoms with E-state index in [4.69, 9.17) is 0 Å². The van der Waals surface area contributed by atoms with Crippen molar-refractivity contribution in [3.8, 4) is 0 Å². The predicted octanol–water partition coefficient (Wildman–Crippen LogP) is 6.46. The Kier molecular flexibility index (Phi) is 3.74. The standard InChI is InChI=1S/C26H25NO/c1-16-8-10-18(11-9-16)24-23-21(14-26(2,3)15-22(23)28)20-13-12-17-6-4-5-7-19(17)25(20)27-24/h4-13,24,27H,14-15H2,1-3H3/t24-/m0/s1. The first-order valence-electron chi connectivity index (χ1n) is 10.0. The largest absolute Gasteiger partial charge is 0.373 e. The molecule has 1 N–H and O–H groups in total. The number of rotatable bonds is 1. The zero-order chi connectivity index (χ0) is 19.5. The Morgan fingerprint density at radius 2 is 1.68 bits per heavy atom. The molecule has 0 bridgehead atoms. The molecule has 5 rings (SSSR count). The van der Waals surface area contributed by atoms with Crippen molar-refractivity contribution in [2.45, 2.75) is 39.7 Å². The van der Waals surface area contributed by atoms with Crippen LogP contribution in [0.25, 0.3) is 16.3 Å². The molecule has 1 atom stereocenters. The van der Waals surface area contributed by atoms with Crippen molar-refractivity contribution in [2.24, 2.45) is 5.41 Å². The molecule has 2 aliphatic rings. The van der Waals surface area contributed by atoms with Gasteiger partial charge in [0.25, 0.3) is 0 Å². The minimum absolute atomic E-state index is 0.00595. The first-order valence-corrected chi connectivity index (χ1v) is 10.0. The van der Waals surface area contributed by atoms with E-state index in [1.165, 1.54) is 27.5 Å². The molecule has 2 nitrogen and oxygen atoms in total. The Morgan fingerprint density at radius 3 is 2.46 bits per heavy atom. The number of aryl methyl sites for hydroxylation is 1. The van der Waals surface area contributed by atoms with Gasteiger partial charge in [0.1, 0.15) is 0 Å². The molecule has 2 heteroatoms. The number of Topliss-reactive ketones (excluding diaryl/α,β-unsaturated/α-hetero) is 1. The van der Waals surface area contributed by atoms with E-state index >= 15 is 0 Å². The smallest absolute Gasteiger partial charge is 0.162 e. The molecule has 0 fully saturated rings. The maximum atomic E-state index is 13.3. The zero-order valence-electron chi connectivity index (χ0n) is 16.7. The monoisotopic (exact) mass is 367 g/mol. The molecule has 0 amide bonds. The third-order valence-corrected chi connectivity index (χ3v) is 6.16. The van der Waals surface area contributed by atoms with Gasteiger partial charge in [0.15, 0.2) is 5.78 Å². The third kappa shape index (κ3) is 2.67. The molecular weight excluding hydrogens is 342 g/mol. The van der Waals surface area contributed by atoms with E-state index in [-0.39, 0.29) is 17.2 Å². The fraction of sp³-hybridized carbons (Fsp3) is 0.269. The fourth-order valence-electron chi connectivity index (χ4n) is 4.81. The molecule has 140 valence electrons. The van der Waals surface area contributed by atoms with E-state index in [0.717, 1.165) is 23.2 Å². The second-order valence-electron chi connectivity index (χ2n) is 9.03. The van der Waals surface area contributed by atoms with Gasteiger partial charge in [-0.25, -0.2) is 0 Å². The normalized spacial score (nSPS) is 20.5.